The fourth-order valence-corrected chi connectivity index (χ4v) is 2.46. The van der Waals surface area contributed by atoms with Gasteiger partial charge >= 0.3 is 6.18 Å². The molecule has 1 aliphatic heterocycles. The van der Waals surface area contributed by atoms with Gasteiger partial charge in [0, 0.05) is 12.6 Å². The van der Waals surface area contributed by atoms with E-state index in [1.54, 1.807) is 0 Å². The Morgan fingerprint density at radius 3 is 2.35 bits per heavy atom. The summed E-state index contributed by atoms with van der Waals surface area (Å²) in [5.41, 5.74) is 0. The molecule has 0 radical (unpaired) electrons. The molecule has 0 saturated carbocycles. The van der Waals surface area contributed by atoms with E-state index in [4.69, 9.17) is 0 Å². The van der Waals surface area contributed by atoms with Gasteiger partial charge in [-0.15, -0.1) is 0 Å². The summed E-state index contributed by atoms with van der Waals surface area (Å²) in [5, 5.41) is 4.81. The fraction of sp³-hybridized carbons (Fsp3) is 0.923. The third-order valence-corrected chi connectivity index (χ3v) is 3.50. The second-order valence-electron chi connectivity index (χ2n) is 5.58. The van der Waals surface area contributed by atoms with Crippen molar-refractivity contribution in [2.24, 2.45) is 5.92 Å². The maximum atomic E-state index is 11.9. The van der Waals surface area contributed by atoms with Crippen LogP contribution in [0.4, 0.5) is 13.2 Å². The molecule has 2 N–H and O–H groups in total. The summed E-state index contributed by atoms with van der Waals surface area (Å²) >= 11 is 0. The molecule has 0 aromatic carbocycles. The molecule has 4 nitrogen and oxygen atoms in total. The Morgan fingerprint density at radius 1 is 1.25 bits per heavy atom. The number of carbonyl (C=O) groups excluding carboxylic acids is 1. The summed E-state index contributed by atoms with van der Waals surface area (Å²) < 4.78 is 35.8. The molecule has 1 rings (SSSR count). The van der Waals surface area contributed by atoms with E-state index in [2.05, 4.69) is 29.4 Å². The van der Waals surface area contributed by atoms with Crippen LogP contribution in [-0.2, 0) is 4.79 Å². The average Bonchev–Trinajstić information content (AvgIpc) is 2.80. The molecular weight excluding hydrogens is 271 g/mol. The summed E-state index contributed by atoms with van der Waals surface area (Å²) in [4.78, 5) is 13.9. The third kappa shape index (κ3) is 6.56. The van der Waals surface area contributed by atoms with Gasteiger partial charge in [0.25, 0.3) is 0 Å². The highest BCUT2D eigenvalue weighted by Crippen LogP contribution is 2.17. The maximum absolute atomic E-state index is 11.9. The number of likely N-dealkylation sites (tertiary alicyclic amines) is 1. The number of halogens is 3. The van der Waals surface area contributed by atoms with E-state index in [1.807, 2.05) is 0 Å². The first-order valence-corrected chi connectivity index (χ1v) is 7.08. The van der Waals surface area contributed by atoms with Crippen LogP contribution in [-0.4, -0.2) is 55.7 Å². The molecule has 0 aliphatic carbocycles. The quantitative estimate of drug-likeness (QED) is 0.746. The first-order chi connectivity index (χ1) is 9.29. The zero-order valence-electron chi connectivity index (χ0n) is 12.1. The molecule has 0 aromatic rings. The van der Waals surface area contributed by atoms with Gasteiger partial charge < -0.3 is 10.6 Å². The van der Waals surface area contributed by atoms with Crippen LogP contribution in [0.15, 0.2) is 0 Å². The summed E-state index contributed by atoms with van der Waals surface area (Å²) in [6.07, 6.45) is -1.94. The van der Waals surface area contributed by atoms with E-state index >= 15 is 0 Å². The van der Waals surface area contributed by atoms with Crippen molar-refractivity contribution in [2.45, 2.75) is 38.9 Å². The molecule has 1 unspecified atom stereocenters. The molecule has 20 heavy (non-hydrogen) atoms. The topological polar surface area (TPSA) is 44.4 Å². The Balaban J connectivity index is 2.26. The van der Waals surface area contributed by atoms with Gasteiger partial charge in [-0.1, -0.05) is 13.8 Å². The van der Waals surface area contributed by atoms with Crippen molar-refractivity contribution in [1.29, 1.82) is 0 Å². The van der Waals surface area contributed by atoms with Crippen LogP contribution in [0.3, 0.4) is 0 Å². The van der Waals surface area contributed by atoms with Gasteiger partial charge in [-0.3, -0.25) is 9.69 Å². The number of rotatable bonds is 7. The van der Waals surface area contributed by atoms with E-state index in [-0.39, 0.29) is 18.5 Å². The minimum Gasteiger partial charge on any atom is -0.353 e. The normalized spacial score (nSPS) is 18.5. The Morgan fingerprint density at radius 2 is 1.85 bits per heavy atom. The van der Waals surface area contributed by atoms with Gasteiger partial charge in [-0.05, 0) is 31.8 Å². The summed E-state index contributed by atoms with van der Waals surface area (Å²) in [7, 11) is 0. The third-order valence-electron chi connectivity index (χ3n) is 3.50. The highest BCUT2D eigenvalue weighted by molar-refractivity contribution is 5.78. The predicted octanol–water partition coefficient (Wildman–Crippen LogP) is 1.37. The zero-order valence-corrected chi connectivity index (χ0v) is 12.1. The number of amides is 1. The van der Waals surface area contributed by atoms with Crippen molar-refractivity contribution < 1.29 is 18.0 Å². The lowest BCUT2D eigenvalue weighted by molar-refractivity contribution is -0.128. The van der Waals surface area contributed by atoms with Crippen molar-refractivity contribution >= 4 is 5.91 Å². The molecule has 1 fully saturated rings. The van der Waals surface area contributed by atoms with Crippen LogP contribution >= 0.6 is 0 Å². The van der Waals surface area contributed by atoms with Crippen molar-refractivity contribution in [3.63, 3.8) is 0 Å². The Kier molecular flexibility index (Phi) is 6.75. The Hall–Kier alpha value is -0.820. The largest absolute Gasteiger partial charge is 0.401 e. The molecule has 1 heterocycles. The van der Waals surface area contributed by atoms with Crippen LogP contribution < -0.4 is 10.6 Å². The minimum absolute atomic E-state index is 0.254. The maximum Gasteiger partial charge on any atom is 0.401 e. The molecule has 0 bridgehead atoms. The van der Waals surface area contributed by atoms with E-state index in [0.717, 1.165) is 13.1 Å². The van der Waals surface area contributed by atoms with E-state index < -0.39 is 12.7 Å². The Bertz CT molecular complexity index is 302. The molecule has 118 valence electrons. The van der Waals surface area contributed by atoms with Crippen LogP contribution in [0.5, 0.6) is 0 Å². The lowest BCUT2D eigenvalue weighted by atomic mass is 10.0. The van der Waals surface area contributed by atoms with Crippen LogP contribution in [0, 0.1) is 5.92 Å². The van der Waals surface area contributed by atoms with Gasteiger partial charge in [0.05, 0.1) is 13.1 Å². The number of nitrogens with one attached hydrogen (secondary N) is 2. The summed E-state index contributed by atoms with van der Waals surface area (Å²) in [6, 6.07) is 0.254. The number of hydrogen-bond donors (Lipinski definition) is 2. The molecular formula is C13H24F3N3O. The number of hydrogen-bond acceptors (Lipinski definition) is 3. The van der Waals surface area contributed by atoms with Gasteiger partial charge in [-0.25, -0.2) is 0 Å². The van der Waals surface area contributed by atoms with Crippen LogP contribution in [0.2, 0.25) is 0 Å². The van der Waals surface area contributed by atoms with Crippen LogP contribution in [0.25, 0.3) is 0 Å². The molecule has 1 saturated heterocycles. The lowest BCUT2D eigenvalue weighted by Crippen LogP contribution is -2.47. The Labute approximate surface area is 118 Å². The molecule has 0 aromatic heterocycles. The first-order valence-electron chi connectivity index (χ1n) is 7.08. The van der Waals surface area contributed by atoms with Gasteiger partial charge in [-0.2, -0.15) is 13.2 Å². The monoisotopic (exact) mass is 295 g/mol. The van der Waals surface area contributed by atoms with E-state index in [1.165, 1.54) is 12.8 Å². The average molecular weight is 295 g/mol. The molecule has 0 spiro atoms. The van der Waals surface area contributed by atoms with Crippen molar-refractivity contribution in [3.8, 4) is 0 Å². The highest BCUT2D eigenvalue weighted by atomic mass is 19.4. The summed E-state index contributed by atoms with van der Waals surface area (Å²) in [5.74, 6) is 0.00984. The number of nitrogens with zero attached hydrogens (tertiary/aromatic N) is 1. The van der Waals surface area contributed by atoms with Crippen molar-refractivity contribution in [3.05, 3.63) is 0 Å². The molecule has 7 heteroatoms. The fourth-order valence-electron chi connectivity index (χ4n) is 2.46. The van der Waals surface area contributed by atoms with E-state index in [9.17, 15) is 18.0 Å². The van der Waals surface area contributed by atoms with Crippen molar-refractivity contribution in [1.82, 2.24) is 15.5 Å². The van der Waals surface area contributed by atoms with Crippen LogP contribution in [0.1, 0.15) is 26.7 Å². The minimum atomic E-state index is -4.28. The van der Waals surface area contributed by atoms with E-state index in [0.29, 0.717) is 12.5 Å². The highest BCUT2D eigenvalue weighted by Gasteiger charge is 2.27. The summed E-state index contributed by atoms with van der Waals surface area (Å²) in [6.45, 7) is 5.30. The zero-order chi connectivity index (χ0) is 15.2. The van der Waals surface area contributed by atoms with Gasteiger partial charge in [0.15, 0.2) is 0 Å². The first kappa shape index (κ1) is 17.2. The second-order valence-corrected chi connectivity index (χ2v) is 5.58. The molecule has 1 atom stereocenters. The lowest BCUT2D eigenvalue weighted by Gasteiger charge is -2.31. The standard InChI is InChI=1S/C13H24F3N3O/c1-10(2)11(19-5-3-4-6-19)7-18-12(20)8-17-9-13(14,15)16/h10-11,17H,3-9H2,1-2H3,(H,18,20). The molecule has 1 amide bonds. The second kappa shape index (κ2) is 7.83. The smallest absolute Gasteiger partial charge is 0.353 e. The number of carbonyl (C=O) groups is 1. The van der Waals surface area contributed by atoms with Gasteiger partial charge in [0.1, 0.15) is 0 Å². The molecule has 1 aliphatic rings. The number of alkyl halides is 3. The predicted molar refractivity (Wildman–Crippen MR) is 71.4 cm³/mol. The SMILES string of the molecule is CC(C)C(CNC(=O)CNCC(F)(F)F)N1CCCC1. The van der Waals surface area contributed by atoms with Gasteiger partial charge in [0.2, 0.25) is 5.91 Å². The van der Waals surface area contributed by atoms with Crippen molar-refractivity contribution in [2.75, 3.05) is 32.7 Å².